The highest BCUT2D eigenvalue weighted by molar-refractivity contribution is 7.92. The van der Waals surface area contributed by atoms with Gasteiger partial charge >= 0.3 is 0 Å². The van der Waals surface area contributed by atoms with E-state index in [1.165, 1.54) is 19.1 Å². The minimum atomic E-state index is -3.70. The summed E-state index contributed by atoms with van der Waals surface area (Å²) in [5, 5.41) is 2.49. The Labute approximate surface area is 125 Å². The maximum atomic E-state index is 12.2. The second kappa shape index (κ2) is 6.85. The summed E-state index contributed by atoms with van der Waals surface area (Å²) in [6.45, 7) is 6.74. The molecule has 116 valence electrons. The molecular weight excluding hydrogens is 290 g/mol. The van der Waals surface area contributed by atoms with Crippen molar-refractivity contribution in [2.75, 3.05) is 5.75 Å². The molecule has 5 nitrogen and oxygen atoms in total. The van der Waals surface area contributed by atoms with Crippen LogP contribution >= 0.6 is 0 Å². The van der Waals surface area contributed by atoms with Crippen LogP contribution in [0.2, 0.25) is 0 Å². The Kier molecular flexibility index (Phi) is 5.66. The van der Waals surface area contributed by atoms with Crippen molar-refractivity contribution in [2.24, 2.45) is 5.92 Å². The van der Waals surface area contributed by atoms with Gasteiger partial charge in [-0.3, -0.25) is 9.59 Å². The molecule has 0 saturated heterocycles. The third-order valence-electron chi connectivity index (χ3n) is 3.09. The van der Waals surface area contributed by atoms with Gasteiger partial charge in [0.1, 0.15) is 5.75 Å². The van der Waals surface area contributed by atoms with Crippen LogP contribution in [-0.2, 0) is 19.4 Å². The van der Waals surface area contributed by atoms with E-state index in [9.17, 15) is 18.0 Å². The molecule has 0 fully saturated rings. The minimum Gasteiger partial charge on any atom is -0.345 e. The van der Waals surface area contributed by atoms with Crippen LogP contribution in [0.4, 0.5) is 0 Å². The van der Waals surface area contributed by atoms with E-state index >= 15 is 0 Å². The molecule has 1 aromatic carbocycles. The zero-order valence-corrected chi connectivity index (χ0v) is 13.5. The average Bonchev–Trinajstić information content (AvgIpc) is 2.34. The van der Waals surface area contributed by atoms with Crippen LogP contribution in [0.15, 0.2) is 29.2 Å². The van der Waals surface area contributed by atoms with Crippen LogP contribution in [0, 0.1) is 12.8 Å². The summed E-state index contributed by atoms with van der Waals surface area (Å²) in [4.78, 5) is 23.4. The highest BCUT2D eigenvalue weighted by Crippen LogP contribution is 2.13. The lowest BCUT2D eigenvalue weighted by Crippen LogP contribution is -2.45. The molecule has 0 aliphatic carbocycles. The van der Waals surface area contributed by atoms with E-state index < -0.39 is 27.5 Å². The number of rotatable bonds is 6. The third kappa shape index (κ3) is 4.97. The summed E-state index contributed by atoms with van der Waals surface area (Å²) >= 11 is 0. The number of sulfone groups is 1. The number of nitrogens with one attached hydrogen (secondary N) is 1. The van der Waals surface area contributed by atoms with E-state index in [1.807, 2.05) is 0 Å². The second-order valence-corrected chi connectivity index (χ2v) is 7.47. The minimum absolute atomic E-state index is 0.0897. The van der Waals surface area contributed by atoms with Gasteiger partial charge in [0.2, 0.25) is 5.91 Å². The van der Waals surface area contributed by atoms with Crippen LogP contribution in [0.25, 0.3) is 0 Å². The van der Waals surface area contributed by atoms with Crippen LogP contribution in [0.1, 0.15) is 26.3 Å². The van der Waals surface area contributed by atoms with Gasteiger partial charge in [-0.25, -0.2) is 8.42 Å². The number of amides is 1. The molecule has 1 unspecified atom stereocenters. The first kappa shape index (κ1) is 17.4. The van der Waals surface area contributed by atoms with Gasteiger partial charge in [-0.15, -0.1) is 0 Å². The maximum absolute atomic E-state index is 12.2. The van der Waals surface area contributed by atoms with Gasteiger partial charge in [-0.2, -0.15) is 0 Å². The Morgan fingerprint density at radius 1 is 1.24 bits per heavy atom. The van der Waals surface area contributed by atoms with Crippen molar-refractivity contribution in [3.8, 4) is 0 Å². The van der Waals surface area contributed by atoms with Gasteiger partial charge in [0.05, 0.1) is 10.9 Å². The number of hydrogen-bond donors (Lipinski definition) is 1. The lowest BCUT2D eigenvalue weighted by molar-refractivity contribution is -0.126. The zero-order chi connectivity index (χ0) is 16.2. The van der Waals surface area contributed by atoms with Crippen LogP contribution in [-0.4, -0.2) is 31.9 Å². The van der Waals surface area contributed by atoms with E-state index in [0.29, 0.717) is 0 Å². The van der Waals surface area contributed by atoms with Crippen molar-refractivity contribution in [1.82, 2.24) is 5.32 Å². The molecule has 0 spiro atoms. The highest BCUT2D eigenvalue weighted by Gasteiger charge is 2.24. The molecule has 1 N–H and O–H groups in total. The van der Waals surface area contributed by atoms with E-state index in [2.05, 4.69) is 5.32 Å². The number of carbonyl (C=O) groups excluding carboxylic acids is 2. The summed E-state index contributed by atoms with van der Waals surface area (Å²) in [6.07, 6.45) is 0. The van der Waals surface area contributed by atoms with Gasteiger partial charge in [-0.05, 0) is 37.5 Å². The molecule has 1 aromatic rings. The van der Waals surface area contributed by atoms with E-state index in [0.717, 1.165) is 5.56 Å². The van der Waals surface area contributed by atoms with Crippen molar-refractivity contribution in [1.29, 1.82) is 0 Å². The molecule has 6 heteroatoms. The van der Waals surface area contributed by atoms with Gasteiger partial charge in [-0.1, -0.05) is 26.0 Å². The first-order valence-electron chi connectivity index (χ1n) is 6.72. The van der Waals surface area contributed by atoms with E-state index in [1.54, 1.807) is 32.9 Å². The van der Waals surface area contributed by atoms with Crippen LogP contribution in [0.5, 0.6) is 0 Å². The molecule has 0 saturated carbocycles. The Morgan fingerprint density at radius 2 is 1.86 bits per heavy atom. The fourth-order valence-corrected chi connectivity index (χ4v) is 3.26. The van der Waals surface area contributed by atoms with Crippen molar-refractivity contribution < 1.29 is 18.0 Å². The predicted octanol–water partition coefficient (Wildman–Crippen LogP) is 1.50. The molecule has 1 atom stereocenters. The normalized spacial score (nSPS) is 13.0. The molecule has 0 heterocycles. The SMILES string of the molecule is CC(=O)C(NC(=O)CS(=O)(=O)c1cccc(C)c1)C(C)C. The molecular formula is C15H21NO4S. The number of ketones is 1. The highest BCUT2D eigenvalue weighted by atomic mass is 32.2. The molecule has 0 aliphatic heterocycles. The Bertz CT molecular complexity index is 635. The number of aryl methyl sites for hydroxylation is 1. The monoisotopic (exact) mass is 311 g/mol. The lowest BCUT2D eigenvalue weighted by atomic mass is 10.0. The van der Waals surface area contributed by atoms with Crippen molar-refractivity contribution in [3.05, 3.63) is 29.8 Å². The zero-order valence-electron chi connectivity index (χ0n) is 12.7. The van der Waals surface area contributed by atoms with Gasteiger partial charge < -0.3 is 5.32 Å². The maximum Gasteiger partial charge on any atom is 0.236 e. The molecule has 1 rings (SSSR count). The molecule has 0 radical (unpaired) electrons. The van der Waals surface area contributed by atoms with Crippen LogP contribution < -0.4 is 5.32 Å². The fourth-order valence-electron chi connectivity index (χ4n) is 2.02. The third-order valence-corrected chi connectivity index (χ3v) is 4.71. The Hall–Kier alpha value is -1.69. The van der Waals surface area contributed by atoms with Gasteiger partial charge in [0.25, 0.3) is 0 Å². The molecule has 21 heavy (non-hydrogen) atoms. The van der Waals surface area contributed by atoms with Gasteiger partial charge in [0, 0.05) is 0 Å². The number of hydrogen-bond acceptors (Lipinski definition) is 4. The fraction of sp³-hybridized carbons (Fsp3) is 0.467. The van der Waals surface area contributed by atoms with Crippen molar-refractivity contribution in [2.45, 2.75) is 38.6 Å². The molecule has 0 bridgehead atoms. The Balaban J connectivity index is 2.85. The number of carbonyl (C=O) groups is 2. The summed E-state index contributed by atoms with van der Waals surface area (Å²) in [7, 11) is -3.70. The molecule has 1 amide bonds. The first-order valence-corrected chi connectivity index (χ1v) is 8.38. The number of benzene rings is 1. The molecule has 0 aliphatic rings. The van der Waals surface area contributed by atoms with Gasteiger partial charge in [0.15, 0.2) is 15.6 Å². The topological polar surface area (TPSA) is 80.3 Å². The summed E-state index contributed by atoms with van der Waals surface area (Å²) < 4.78 is 24.3. The van der Waals surface area contributed by atoms with Crippen molar-refractivity contribution in [3.63, 3.8) is 0 Å². The Morgan fingerprint density at radius 3 is 2.33 bits per heavy atom. The molecule has 0 aromatic heterocycles. The van der Waals surface area contributed by atoms with E-state index in [4.69, 9.17) is 0 Å². The standard InChI is InChI=1S/C15H21NO4S/c1-10(2)15(12(4)17)16-14(18)9-21(19,20)13-7-5-6-11(3)8-13/h5-8,10,15H,9H2,1-4H3,(H,16,18). The number of Topliss-reactive ketones (excluding diaryl/α,β-unsaturated/α-hetero) is 1. The average molecular weight is 311 g/mol. The van der Waals surface area contributed by atoms with Crippen LogP contribution in [0.3, 0.4) is 0 Å². The summed E-state index contributed by atoms with van der Waals surface area (Å²) in [5.41, 5.74) is 0.806. The van der Waals surface area contributed by atoms with E-state index in [-0.39, 0.29) is 16.6 Å². The summed E-state index contributed by atoms with van der Waals surface area (Å²) in [5.74, 6) is -1.60. The van der Waals surface area contributed by atoms with Crippen molar-refractivity contribution >= 4 is 21.5 Å². The summed E-state index contributed by atoms with van der Waals surface area (Å²) in [6, 6.07) is 5.73. The second-order valence-electron chi connectivity index (χ2n) is 5.48. The predicted molar refractivity (Wildman–Crippen MR) is 80.7 cm³/mol. The lowest BCUT2D eigenvalue weighted by Gasteiger charge is -2.19. The largest absolute Gasteiger partial charge is 0.345 e. The smallest absolute Gasteiger partial charge is 0.236 e. The first-order chi connectivity index (χ1) is 9.63. The quantitative estimate of drug-likeness (QED) is 0.863.